The Morgan fingerprint density at radius 2 is 2.00 bits per heavy atom. The molecule has 1 unspecified atom stereocenters. The van der Waals surface area contributed by atoms with Gasteiger partial charge in [0.25, 0.3) is 0 Å². The average Bonchev–Trinajstić information content (AvgIpc) is 3.24. The fraction of sp³-hybridized carbons (Fsp3) is 0.292. The van der Waals surface area contributed by atoms with Crippen LogP contribution in [0.15, 0.2) is 58.9 Å². The molecule has 10 heteroatoms. The standard InChI is InChI=1S/C24H25ClN4O4S/c1-5-33-19-12-15(10-11-18(19)31-3)21-20(22(30)32-4)14(2)26-23-27-24(28-29(21)23)34-13-16-8-6-7-9-17(16)25/h6-12,21H,5,13H2,1-4H3,(H,26,27,28). The van der Waals surface area contributed by atoms with Crippen LogP contribution in [0.2, 0.25) is 5.02 Å². The zero-order valence-electron chi connectivity index (χ0n) is 19.3. The Kier molecular flexibility index (Phi) is 7.33. The number of benzene rings is 2. The van der Waals surface area contributed by atoms with Crippen molar-refractivity contribution < 1.29 is 19.0 Å². The molecule has 1 atom stereocenters. The van der Waals surface area contributed by atoms with Gasteiger partial charge in [0.2, 0.25) is 11.1 Å². The first-order valence-electron chi connectivity index (χ1n) is 10.7. The molecule has 0 amide bonds. The van der Waals surface area contributed by atoms with E-state index in [4.69, 9.17) is 30.9 Å². The van der Waals surface area contributed by atoms with Gasteiger partial charge >= 0.3 is 5.97 Å². The van der Waals surface area contributed by atoms with Crippen LogP contribution < -0.4 is 14.8 Å². The van der Waals surface area contributed by atoms with Gasteiger partial charge in [-0.25, -0.2) is 9.48 Å². The highest BCUT2D eigenvalue weighted by Gasteiger charge is 2.35. The van der Waals surface area contributed by atoms with Gasteiger partial charge in [0.05, 0.1) is 26.4 Å². The summed E-state index contributed by atoms with van der Waals surface area (Å²) in [6.45, 7) is 4.20. The van der Waals surface area contributed by atoms with Gasteiger partial charge in [-0.05, 0) is 43.2 Å². The number of hydrogen-bond donors (Lipinski definition) is 1. The lowest BCUT2D eigenvalue weighted by atomic mass is 9.95. The molecule has 0 fully saturated rings. The molecule has 1 aliphatic heterocycles. The second kappa shape index (κ2) is 10.4. The summed E-state index contributed by atoms with van der Waals surface area (Å²) in [5, 5.41) is 9.17. The molecule has 2 heterocycles. The van der Waals surface area contributed by atoms with Crippen molar-refractivity contribution in [2.75, 3.05) is 26.1 Å². The van der Waals surface area contributed by atoms with Gasteiger partial charge in [0.15, 0.2) is 11.5 Å². The monoisotopic (exact) mass is 500 g/mol. The molecule has 0 saturated carbocycles. The molecule has 34 heavy (non-hydrogen) atoms. The molecule has 2 aromatic carbocycles. The largest absolute Gasteiger partial charge is 0.493 e. The van der Waals surface area contributed by atoms with Crippen molar-refractivity contribution in [2.24, 2.45) is 0 Å². The molecule has 1 aromatic heterocycles. The number of allylic oxidation sites excluding steroid dienone is 1. The zero-order chi connectivity index (χ0) is 24.2. The first-order chi connectivity index (χ1) is 16.5. The van der Waals surface area contributed by atoms with E-state index in [9.17, 15) is 4.79 Å². The van der Waals surface area contributed by atoms with Gasteiger partial charge in [-0.2, -0.15) is 4.98 Å². The molecule has 1 N–H and O–H groups in total. The summed E-state index contributed by atoms with van der Waals surface area (Å²) in [5.74, 6) is 1.88. The van der Waals surface area contributed by atoms with Gasteiger partial charge in [-0.1, -0.05) is 47.6 Å². The Morgan fingerprint density at radius 1 is 1.21 bits per heavy atom. The van der Waals surface area contributed by atoms with Crippen LogP contribution in [0.25, 0.3) is 0 Å². The van der Waals surface area contributed by atoms with E-state index < -0.39 is 12.0 Å². The summed E-state index contributed by atoms with van der Waals surface area (Å²) >= 11 is 7.76. The number of methoxy groups -OCH3 is 2. The van der Waals surface area contributed by atoms with Gasteiger partial charge in [-0.3, -0.25) is 0 Å². The van der Waals surface area contributed by atoms with Gasteiger partial charge in [-0.15, -0.1) is 5.10 Å². The highest BCUT2D eigenvalue weighted by Crippen LogP contribution is 2.40. The molecule has 178 valence electrons. The first-order valence-corrected chi connectivity index (χ1v) is 12.0. The predicted octanol–water partition coefficient (Wildman–Crippen LogP) is 5.09. The average molecular weight is 501 g/mol. The Balaban J connectivity index is 1.74. The topological polar surface area (TPSA) is 87.5 Å². The number of carbonyl (C=O) groups excluding carboxylic acids is 1. The lowest BCUT2D eigenvalue weighted by molar-refractivity contribution is -0.136. The van der Waals surface area contributed by atoms with E-state index in [0.29, 0.717) is 51.3 Å². The van der Waals surface area contributed by atoms with Crippen molar-refractivity contribution in [1.29, 1.82) is 0 Å². The summed E-state index contributed by atoms with van der Waals surface area (Å²) in [6.07, 6.45) is 0. The number of rotatable bonds is 8. The van der Waals surface area contributed by atoms with Crippen LogP contribution in [0.4, 0.5) is 5.95 Å². The fourth-order valence-corrected chi connectivity index (χ4v) is 4.88. The van der Waals surface area contributed by atoms with E-state index in [1.807, 2.05) is 56.3 Å². The number of nitrogens with one attached hydrogen (secondary N) is 1. The molecule has 0 spiro atoms. The van der Waals surface area contributed by atoms with Gasteiger partial charge in [0, 0.05) is 16.5 Å². The number of fused-ring (bicyclic) bond motifs is 1. The van der Waals surface area contributed by atoms with E-state index in [1.54, 1.807) is 11.8 Å². The number of halogens is 1. The van der Waals surface area contributed by atoms with Crippen molar-refractivity contribution >= 4 is 35.3 Å². The van der Waals surface area contributed by atoms with Gasteiger partial charge < -0.3 is 19.5 Å². The van der Waals surface area contributed by atoms with Crippen LogP contribution in [0.1, 0.15) is 31.0 Å². The zero-order valence-corrected chi connectivity index (χ0v) is 20.9. The molecule has 1 aliphatic rings. The predicted molar refractivity (Wildman–Crippen MR) is 132 cm³/mol. The number of nitrogens with zero attached hydrogens (tertiary/aromatic N) is 3. The molecule has 0 bridgehead atoms. The normalized spacial score (nSPS) is 14.9. The molecular formula is C24H25ClN4O4S. The molecule has 4 rings (SSSR count). The Bertz CT molecular complexity index is 1240. The molecule has 8 nitrogen and oxygen atoms in total. The number of anilines is 1. The third-order valence-electron chi connectivity index (χ3n) is 5.36. The lowest BCUT2D eigenvalue weighted by Gasteiger charge is -2.28. The number of ether oxygens (including phenoxy) is 3. The van der Waals surface area contributed by atoms with E-state index in [2.05, 4.69) is 10.3 Å². The number of esters is 1. The van der Waals surface area contributed by atoms with Gasteiger partial charge in [0.1, 0.15) is 6.04 Å². The van der Waals surface area contributed by atoms with Crippen molar-refractivity contribution in [2.45, 2.75) is 30.8 Å². The van der Waals surface area contributed by atoms with Crippen molar-refractivity contribution in [1.82, 2.24) is 14.8 Å². The number of thioether (sulfide) groups is 1. The van der Waals surface area contributed by atoms with Crippen LogP contribution in [0, 0.1) is 0 Å². The van der Waals surface area contributed by atoms with Crippen LogP contribution in [-0.2, 0) is 15.3 Å². The maximum Gasteiger partial charge on any atom is 0.338 e. The number of aromatic nitrogens is 3. The second-order valence-corrected chi connectivity index (χ2v) is 8.79. The highest BCUT2D eigenvalue weighted by molar-refractivity contribution is 7.98. The van der Waals surface area contributed by atoms with Crippen LogP contribution in [0.5, 0.6) is 11.5 Å². The number of hydrogen-bond acceptors (Lipinski definition) is 8. The Hall–Kier alpha value is -3.17. The number of carbonyl (C=O) groups is 1. The Labute approximate surface area is 207 Å². The van der Waals surface area contributed by atoms with Crippen LogP contribution in [0.3, 0.4) is 0 Å². The summed E-state index contributed by atoms with van der Waals surface area (Å²) in [4.78, 5) is 17.5. The van der Waals surface area contributed by atoms with E-state index in [1.165, 1.54) is 18.9 Å². The summed E-state index contributed by atoms with van der Waals surface area (Å²) in [5.41, 5.74) is 2.87. The van der Waals surface area contributed by atoms with Crippen LogP contribution in [-0.4, -0.2) is 41.6 Å². The SMILES string of the molecule is CCOc1cc(C2C(C(=O)OC)=C(C)Nc3nc(SCc4ccccc4Cl)nn32)ccc1OC. The summed E-state index contributed by atoms with van der Waals surface area (Å²) in [6, 6.07) is 12.7. The van der Waals surface area contributed by atoms with Crippen LogP contribution >= 0.6 is 23.4 Å². The van der Waals surface area contributed by atoms with E-state index in [0.717, 1.165) is 11.1 Å². The van der Waals surface area contributed by atoms with E-state index in [-0.39, 0.29) is 0 Å². The minimum atomic E-state index is -0.559. The quantitative estimate of drug-likeness (QED) is 0.338. The third kappa shape index (κ3) is 4.71. The van der Waals surface area contributed by atoms with Crippen molar-refractivity contribution in [3.8, 4) is 11.5 Å². The maximum absolute atomic E-state index is 12.8. The maximum atomic E-state index is 12.8. The molecule has 0 radical (unpaired) electrons. The highest BCUT2D eigenvalue weighted by atomic mass is 35.5. The first kappa shape index (κ1) is 24.0. The molecule has 0 aliphatic carbocycles. The molecule has 0 saturated heterocycles. The summed E-state index contributed by atoms with van der Waals surface area (Å²) in [7, 11) is 2.95. The molecular weight excluding hydrogens is 476 g/mol. The minimum Gasteiger partial charge on any atom is -0.493 e. The second-order valence-electron chi connectivity index (χ2n) is 7.44. The van der Waals surface area contributed by atoms with E-state index >= 15 is 0 Å². The fourth-order valence-electron chi connectivity index (χ4n) is 3.76. The lowest BCUT2D eigenvalue weighted by Crippen LogP contribution is -2.29. The Morgan fingerprint density at radius 3 is 2.71 bits per heavy atom. The smallest absolute Gasteiger partial charge is 0.338 e. The summed E-state index contributed by atoms with van der Waals surface area (Å²) < 4.78 is 18.0. The van der Waals surface area contributed by atoms with Crippen molar-refractivity contribution in [3.63, 3.8) is 0 Å². The minimum absolute atomic E-state index is 0.440. The third-order valence-corrected chi connectivity index (χ3v) is 6.61. The molecule has 3 aromatic rings. The van der Waals surface area contributed by atoms with Crippen molar-refractivity contribution in [3.05, 3.63) is 69.9 Å².